The molecule has 1 heterocycles. The summed E-state index contributed by atoms with van der Waals surface area (Å²) >= 11 is 6.77. The van der Waals surface area contributed by atoms with Gasteiger partial charge in [0.25, 0.3) is 5.69 Å². The highest BCUT2D eigenvalue weighted by Crippen LogP contribution is 2.39. The van der Waals surface area contributed by atoms with Crippen LogP contribution in [0.5, 0.6) is 23.0 Å². The van der Waals surface area contributed by atoms with E-state index >= 15 is 0 Å². The number of nitrogens with zero attached hydrogens (tertiary/aromatic N) is 2. The predicted molar refractivity (Wildman–Crippen MR) is 156 cm³/mol. The Morgan fingerprint density at radius 3 is 2.34 bits per heavy atom. The summed E-state index contributed by atoms with van der Waals surface area (Å²) in [5, 5.41) is 11.0. The molecule has 0 saturated heterocycles. The van der Waals surface area contributed by atoms with E-state index in [-0.39, 0.29) is 23.0 Å². The van der Waals surface area contributed by atoms with E-state index < -0.39 is 16.9 Å². The van der Waals surface area contributed by atoms with E-state index in [0.29, 0.717) is 42.9 Å². The highest BCUT2D eigenvalue weighted by Gasteiger charge is 2.27. The van der Waals surface area contributed by atoms with Crippen LogP contribution in [0.4, 0.5) is 5.69 Å². The lowest BCUT2D eigenvalue weighted by Gasteiger charge is -2.13. The monoisotopic (exact) mass is 686 g/mol. The van der Waals surface area contributed by atoms with E-state index in [1.165, 1.54) is 51.7 Å². The minimum atomic E-state index is -0.755. The largest absolute Gasteiger partial charge is 0.493 e. The van der Waals surface area contributed by atoms with E-state index in [9.17, 15) is 19.7 Å². The second-order valence-electron chi connectivity index (χ2n) is 8.16. The van der Waals surface area contributed by atoms with Gasteiger partial charge < -0.3 is 23.7 Å². The number of halogens is 2. The van der Waals surface area contributed by atoms with Gasteiger partial charge in [0.1, 0.15) is 0 Å². The predicted octanol–water partition coefficient (Wildman–Crippen LogP) is 6.11. The van der Waals surface area contributed by atoms with Crippen LogP contribution >= 0.6 is 31.9 Å². The number of esters is 2. The fraction of sp³-hybridized carbons (Fsp3) is 0.107. The first-order valence-corrected chi connectivity index (χ1v) is 13.2. The van der Waals surface area contributed by atoms with Gasteiger partial charge in [-0.05, 0) is 57.9 Å². The summed E-state index contributed by atoms with van der Waals surface area (Å²) < 4.78 is 28.1. The maximum atomic E-state index is 12.7. The molecule has 0 fully saturated rings. The van der Waals surface area contributed by atoms with E-state index in [4.69, 9.17) is 23.7 Å². The molecule has 1 aliphatic rings. The van der Waals surface area contributed by atoms with Crippen molar-refractivity contribution in [1.82, 2.24) is 0 Å². The van der Waals surface area contributed by atoms with Crippen LogP contribution in [0, 0.1) is 10.1 Å². The zero-order chi connectivity index (χ0) is 29.7. The molecule has 0 N–H and O–H groups in total. The summed E-state index contributed by atoms with van der Waals surface area (Å²) in [6.07, 6.45) is 3.94. The second kappa shape index (κ2) is 12.8. The van der Waals surface area contributed by atoms with Crippen molar-refractivity contribution in [2.75, 3.05) is 21.3 Å². The molecule has 0 saturated carbocycles. The van der Waals surface area contributed by atoms with Gasteiger partial charge in [-0.25, -0.2) is 14.6 Å². The minimum absolute atomic E-state index is 0.00741. The van der Waals surface area contributed by atoms with Crippen LogP contribution in [0.15, 0.2) is 74.2 Å². The molecule has 1 aliphatic heterocycles. The number of hydrogen-bond donors (Lipinski definition) is 0. The second-order valence-corrected chi connectivity index (χ2v) is 9.93. The molecule has 0 bridgehead atoms. The number of hydrogen-bond acceptors (Lipinski definition) is 10. The minimum Gasteiger partial charge on any atom is -0.493 e. The Morgan fingerprint density at radius 2 is 1.71 bits per heavy atom. The number of carbonyl (C=O) groups is 2. The molecule has 4 rings (SSSR count). The van der Waals surface area contributed by atoms with Crippen LogP contribution in [-0.4, -0.2) is 44.1 Å². The van der Waals surface area contributed by atoms with Crippen LogP contribution in [0.2, 0.25) is 0 Å². The van der Waals surface area contributed by atoms with Gasteiger partial charge in [-0.2, -0.15) is 0 Å². The lowest BCUT2D eigenvalue weighted by molar-refractivity contribution is -0.384. The fourth-order valence-corrected chi connectivity index (χ4v) is 5.06. The van der Waals surface area contributed by atoms with E-state index in [0.717, 1.165) is 6.08 Å². The number of aliphatic imine (C=N–C) groups is 1. The average Bonchev–Trinajstić information content (AvgIpc) is 3.32. The molecule has 0 amide bonds. The summed E-state index contributed by atoms with van der Waals surface area (Å²) in [5.41, 5.74) is 1.02. The van der Waals surface area contributed by atoms with Crippen molar-refractivity contribution in [2.24, 2.45) is 4.99 Å². The molecular formula is C28H20Br2N2O9. The molecule has 3 aromatic rings. The van der Waals surface area contributed by atoms with Crippen LogP contribution in [0.3, 0.4) is 0 Å². The summed E-state index contributed by atoms with van der Waals surface area (Å²) in [6, 6.07) is 12.3. The van der Waals surface area contributed by atoms with Crippen LogP contribution in [-0.2, 0) is 14.3 Å². The first kappa shape index (κ1) is 29.5. The standard InChI is InChI=1S/C28H20Br2N2O9/c1-37-22-12-17(13-23(38-2)26(22)39-3)27-31-21(28(34)41-27)11-16-10-18(29)14-20(30)25(16)40-24(33)8-7-15-5-4-6-19(9-15)32(35)36/h4-14H,1-3H3/b8-7+,21-11-. The SMILES string of the molecule is COc1cc(C2=N/C(=C\c3cc(Br)cc(Br)c3OC(=O)/C=C/c3cccc([N+](=O)[O-])c3)C(=O)O2)cc(OC)c1OC. The third-order valence-corrected chi connectivity index (χ3v) is 6.60. The zero-order valence-electron chi connectivity index (χ0n) is 21.7. The summed E-state index contributed by atoms with van der Waals surface area (Å²) in [6.45, 7) is 0. The molecule has 210 valence electrons. The molecule has 0 aromatic heterocycles. The van der Waals surface area contributed by atoms with Crippen molar-refractivity contribution in [1.29, 1.82) is 0 Å². The Kier molecular flexibility index (Phi) is 9.20. The van der Waals surface area contributed by atoms with Crippen molar-refractivity contribution in [3.8, 4) is 23.0 Å². The molecule has 0 spiro atoms. The number of methoxy groups -OCH3 is 3. The summed E-state index contributed by atoms with van der Waals surface area (Å²) in [4.78, 5) is 40.2. The van der Waals surface area contributed by atoms with Crippen LogP contribution in [0.1, 0.15) is 16.7 Å². The molecule has 0 atom stereocenters. The number of nitro benzene ring substituents is 1. The number of rotatable bonds is 9. The number of carbonyl (C=O) groups excluding carboxylic acids is 2. The number of benzene rings is 3. The maximum absolute atomic E-state index is 12.7. The average molecular weight is 688 g/mol. The highest BCUT2D eigenvalue weighted by atomic mass is 79.9. The number of ether oxygens (including phenoxy) is 5. The van der Waals surface area contributed by atoms with Crippen molar-refractivity contribution >= 4 is 67.5 Å². The first-order valence-electron chi connectivity index (χ1n) is 11.6. The van der Waals surface area contributed by atoms with Crippen molar-refractivity contribution in [2.45, 2.75) is 0 Å². The summed E-state index contributed by atoms with van der Waals surface area (Å²) in [5.74, 6) is -0.304. The molecule has 0 radical (unpaired) electrons. The van der Waals surface area contributed by atoms with Crippen molar-refractivity contribution < 1.29 is 38.2 Å². The van der Waals surface area contributed by atoms with Gasteiger partial charge in [-0.15, -0.1) is 0 Å². The Bertz CT molecular complexity index is 1620. The Labute approximate surface area is 250 Å². The van der Waals surface area contributed by atoms with Crippen molar-refractivity contribution in [3.05, 3.63) is 96.1 Å². The molecule has 0 aliphatic carbocycles. The summed E-state index contributed by atoms with van der Waals surface area (Å²) in [7, 11) is 4.39. The highest BCUT2D eigenvalue weighted by molar-refractivity contribution is 9.11. The van der Waals surface area contributed by atoms with Gasteiger partial charge in [0, 0.05) is 33.8 Å². The third-order valence-electron chi connectivity index (χ3n) is 5.56. The van der Waals surface area contributed by atoms with Crippen LogP contribution < -0.4 is 18.9 Å². The van der Waals surface area contributed by atoms with Gasteiger partial charge in [-0.3, -0.25) is 10.1 Å². The van der Waals surface area contributed by atoms with Gasteiger partial charge in [0.2, 0.25) is 11.6 Å². The molecule has 13 heteroatoms. The Morgan fingerprint density at radius 1 is 1.00 bits per heavy atom. The molecule has 0 unspecified atom stereocenters. The van der Waals surface area contributed by atoms with Gasteiger partial charge in [-0.1, -0.05) is 28.1 Å². The lowest BCUT2D eigenvalue weighted by atomic mass is 10.1. The quantitative estimate of drug-likeness (QED) is 0.0858. The van der Waals surface area contributed by atoms with E-state index in [2.05, 4.69) is 36.9 Å². The fourth-order valence-electron chi connectivity index (χ4n) is 3.72. The zero-order valence-corrected chi connectivity index (χ0v) is 24.8. The van der Waals surface area contributed by atoms with Gasteiger partial charge in [0.05, 0.1) is 30.7 Å². The number of cyclic esters (lactones) is 1. The number of nitro groups is 1. The van der Waals surface area contributed by atoms with Gasteiger partial charge in [0.15, 0.2) is 22.9 Å². The first-order chi connectivity index (χ1) is 19.6. The molecule has 41 heavy (non-hydrogen) atoms. The normalized spacial score (nSPS) is 13.6. The maximum Gasteiger partial charge on any atom is 0.363 e. The van der Waals surface area contributed by atoms with Crippen LogP contribution in [0.25, 0.3) is 12.2 Å². The third kappa shape index (κ3) is 6.81. The van der Waals surface area contributed by atoms with E-state index in [1.807, 2.05) is 0 Å². The van der Waals surface area contributed by atoms with Crippen molar-refractivity contribution in [3.63, 3.8) is 0 Å². The molecule has 11 nitrogen and oxygen atoms in total. The molecule has 3 aromatic carbocycles. The Hall–Kier alpha value is -4.49. The molecular weight excluding hydrogens is 668 g/mol. The lowest BCUT2D eigenvalue weighted by Crippen LogP contribution is -2.07. The number of non-ortho nitro benzene ring substituents is 1. The van der Waals surface area contributed by atoms with Gasteiger partial charge >= 0.3 is 11.9 Å². The Balaban J connectivity index is 1.65. The topological polar surface area (TPSA) is 136 Å². The van der Waals surface area contributed by atoms with E-state index in [1.54, 1.807) is 30.3 Å². The smallest absolute Gasteiger partial charge is 0.363 e.